The van der Waals surface area contributed by atoms with E-state index in [1.54, 1.807) is 6.41 Å². The molecule has 1 fully saturated rings. The molecule has 13 heavy (non-hydrogen) atoms. The summed E-state index contributed by atoms with van der Waals surface area (Å²) in [5.41, 5.74) is 0. The fraction of sp³-hybridized carbons (Fsp3) is 0.900. The molecule has 0 aliphatic heterocycles. The molecule has 1 rings (SSSR count). The van der Waals surface area contributed by atoms with Crippen molar-refractivity contribution in [2.75, 3.05) is 6.61 Å². The number of amides is 1. The van der Waals surface area contributed by atoms with Crippen LogP contribution in [0.5, 0.6) is 0 Å². The number of nitrogens with one attached hydrogen (secondary N) is 1. The quantitative estimate of drug-likeness (QED) is 0.626. The Morgan fingerprint density at radius 2 is 2.08 bits per heavy atom. The van der Waals surface area contributed by atoms with Gasteiger partial charge in [-0.2, -0.15) is 0 Å². The van der Waals surface area contributed by atoms with Gasteiger partial charge in [-0.05, 0) is 12.3 Å². The summed E-state index contributed by atoms with van der Waals surface area (Å²) in [5, 5.41) is 11.5. The molecule has 1 atom stereocenters. The zero-order valence-corrected chi connectivity index (χ0v) is 7.96. The van der Waals surface area contributed by atoms with Crippen LogP contribution in [-0.2, 0) is 4.79 Å². The molecule has 0 aromatic rings. The molecule has 1 aliphatic carbocycles. The number of carbonyl (C=O) groups excluding carboxylic acids is 1. The van der Waals surface area contributed by atoms with Crippen molar-refractivity contribution in [2.24, 2.45) is 5.92 Å². The topological polar surface area (TPSA) is 49.3 Å². The third-order valence-electron chi connectivity index (χ3n) is 2.83. The highest BCUT2D eigenvalue weighted by Gasteiger charge is 2.17. The molecule has 0 bridgehead atoms. The van der Waals surface area contributed by atoms with Crippen LogP contribution in [-0.4, -0.2) is 24.2 Å². The maximum Gasteiger partial charge on any atom is 0.309 e. The molecular formula is C10H18NO2. The fourth-order valence-corrected chi connectivity index (χ4v) is 2.09. The molecule has 75 valence electrons. The molecule has 1 radical (unpaired) electrons. The highest BCUT2D eigenvalue weighted by Crippen LogP contribution is 2.27. The molecule has 1 unspecified atom stereocenters. The first-order chi connectivity index (χ1) is 6.36. The van der Waals surface area contributed by atoms with E-state index in [1.165, 1.54) is 32.1 Å². The number of aliphatic hydroxyl groups excluding tert-OH is 1. The van der Waals surface area contributed by atoms with Gasteiger partial charge in [0.1, 0.15) is 0 Å². The summed E-state index contributed by atoms with van der Waals surface area (Å²) in [5.74, 6) is 0.687. The molecule has 2 N–H and O–H groups in total. The van der Waals surface area contributed by atoms with Crippen molar-refractivity contribution in [3.63, 3.8) is 0 Å². The zero-order chi connectivity index (χ0) is 9.52. The van der Waals surface area contributed by atoms with E-state index in [9.17, 15) is 4.79 Å². The summed E-state index contributed by atoms with van der Waals surface area (Å²) >= 11 is 0. The van der Waals surface area contributed by atoms with Gasteiger partial charge in [-0.15, -0.1) is 0 Å². The van der Waals surface area contributed by atoms with Crippen molar-refractivity contribution in [3.05, 3.63) is 0 Å². The Bertz CT molecular complexity index is 144. The maximum atomic E-state index is 10.1. The lowest BCUT2D eigenvalue weighted by Gasteiger charge is -2.24. The average Bonchev–Trinajstić information content (AvgIpc) is 2.19. The SMILES string of the molecule is O=[C]NC(CO)CC1CCCCC1. The van der Waals surface area contributed by atoms with Crippen LogP contribution in [0.25, 0.3) is 0 Å². The predicted molar refractivity (Wildman–Crippen MR) is 50.9 cm³/mol. The maximum absolute atomic E-state index is 10.1. The minimum atomic E-state index is -0.0828. The highest BCUT2D eigenvalue weighted by molar-refractivity contribution is 5.47. The molecule has 0 heterocycles. The van der Waals surface area contributed by atoms with E-state index in [1.807, 2.05) is 0 Å². The van der Waals surface area contributed by atoms with E-state index < -0.39 is 0 Å². The van der Waals surface area contributed by atoms with Gasteiger partial charge < -0.3 is 10.4 Å². The van der Waals surface area contributed by atoms with Gasteiger partial charge in [0, 0.05) is 0 Å². The first-order valence-electron chi connectivity index (χ1n) is 5.10. The molecule has 0 aromatic carbocycles. The van der Waals surface area contributed by atoms with Crippen molar-refractivity contribution in [1.29, 1.82) is 0 Å². The molecular weight excluding hydrogens is 166 g/mol. The average molecular weight is 184 g/mol. The Balaban J connectivity index is 2.22. The normalized spacial score (nSPS) is 21.0. The Hall–Kier alpha value is -0.570. The minimum absolute atomic E-state index is 0.0335. The molecule has 1 amide bonds. The summed E-state index contributed by atoms with van der Waals surface area (Å²) < 4.78 is 0. The molecule has 3 nitrogen and oxygen atoms in total. The van der Waals surface area contributed by atoms with Gasteiger partial charge in [-0.25, -0.2) is 0 Å². The third-order valence-corrected chi connectivity index (χ3v) is 2.83. The van der Waals surface area contributed by atoms with Crippen LogP contribution in [0.2, 0.25) is 0 Å². The van der Waals surface area contributed by atoms with Gasteiger partial charge in [0.25, 0.3) is 0 Å². The molecule has 0 saturated heterocycles. The van der Waals surface area contributed by atoms with Crippen LogP contribution >= 0.6 is 0 Å². The van der Waals surface area contributed by atoms with E-state index >= 15 is 0 Å². The molecule has 1 aliphatic rings. The van der Waals surface area contributed by atoms with Gasteiger partial charge in [-0.1, -0.05) is 32.1 Å². The summed E-state index contributed by atoms with van der Waals surface area (Å²) in [6.07, 6.45) is 8.99. The zero-order valence-electron chi connectivity index (χ0n) is 7.96. The summed E-state index contributed by atoms with van der Waals surface area (Å²) in [7, 11) is 0. The van der Waals surface area contributed by atoms with Gasteiger partial charge in [0.15, 0.2) is 0 Å². The first kappa shape index (κ1) is 10.5. The lowest BCUT2D eigenvalue weighted by molar-refractivity contribution is 0.216. The Kier molecular flexibility index (Phi) is 4.83. The van der Waals surface area contributed by atoms with E-state index in [0.29, 0.717) is 5.92 Å². The number of rotatable bonds is 5. The minimum Gasteiger partial charge on any atom is -0.394 e. The molecule has 0 spiro atoms. The van der Waals surface area contributed by atoms with Crippen LogP contribution in [0.15, 0.2) is 0 Å². The third kappa shape index (κ3) is 3.77. The Morgan fingerprint density at radius 3 is 2.62 bits per heavy atom. The Morgan fingerprint density at radius 1 is 1.38 bits per heavy atom. The van der Waals surface area contributed by atoms with Crippen molar-refractivity contribution in [2.45, 2.75) is 44.6 Å². The largest absolute Gasteiger partial charge is 0.394 e. The standard InChI is InChI=1S/C10H18NO2/c12-7-10(11-8-13)6-9-4-2-1-3-5-9/h9-10,12H,1-7H2,(H,11,13). The molecule has 1 saturated carbocycles. The van der Waals surface area contributed by atoms with Crippen LogP contribution in [0.3, 0.4) is 0 Å². The monoisotopic (exact) mass is 184 g/mol. The van der Waals surface area contributed by atoms with E-state index in [-0.39, 0.29) is 12.6 Å². The van der Waals surface area contributed by atoms with Crippen molar-refractivity contribution in [3.8, 4) is 0 Å². The predicted octanol–water partition coefficient (Wildman–Crippen LogP) is 0.974. The van der Waals surface area contributed by atoms with Crippen LogP contribution < -0.4 is 5.32 Å². The van der Waals surface area contributed by atoms with Gasteiger partial charge in [-0.3, -0.25) is 4.79 Å². The van der Waals surface area contributed by atoms with Crippen LogP contribution in [0.4, 0.5) is 0 Å². The van der Waals surface area contributed by atoms with Crippen molar-refractivity contribution in [1.82, 2.24) is 5.32 Å². The van der Waals surface area contributed by atoms with E-state index in [2.05, 4.69) is 5.32 Å². The second kappa shape index (κ2) is 5.97. The summed E-state index contributed by atoms with van der Waals surface area (Å²) in [6, 6.07) is -0.0828. The second-order valence-electron chi connectivity index (χ2n) is 3.87. The van der Waals surface area contributed by atoms with Crippen LogP contribution in [0.1, 0.15) is 38.5 Å². The fourth-order valence-electron chi connectivity index (χ4n) is 2.09. The first-order valence-corrected chi connectivity index (χ1v) is 5.10. The molecule has 3 heteroatoms. The van der Waals surface area contributed by atoms with Crippen molar-refractivity contribution < 1.29 is 9.90 Å². The summed E-state index contributed by atoms with van der Waals surface area (Å²) in [6.45, 7) is 0.0335. The van der Waals surface area contributed by atoms with E-state index in [0.717, 1.165) is 6.42 Å². The number of hydrogen-bond acceptors (Lipinski definition) is 2. The number of hydrogen-bond donors (Lipinski definition) is 2. The van der Waals surface area contributed by atoms with Gasteiger partial charge in [0.05, 0.1) is 12.6 Å². The second-order valence-corrected chi connectivity index (χ2v) is 3.87. The highest BCUT2D eigenvalue weighted by atomic mass is 16.3. The lowest BCUT2D eigenvalue weighted by Crippen LogP contribution is -2.33. The number of aliphatic hydroxyl groups is 1. The van der Waals surface area contributed by atoms with Gasteiger partial charge >= 0.3 is 6.41 Å². The summed E-state index contributed by atoms with van der Waals surface area (Å²) in [4.78, 5) is 10.1. The van der Waals surface area contributed by atoms with Gasteiger partial charge in [0.2, 0.25) is 0 Å². The van der Waals surface area contributed by atoms with E-state index in [4.69, 9.17) is 5.11 Å². The van der Waals surface area contributed by atoms with Crippen molar-refractivity contribution >= 4 is 6.41 Å². The smallest absolute Gasteiger partial charge is 0.309 e. The molecule has 0 aromatic heterocycles. The Labute approximate surface area is 79.5 Å². The van der Waals surface area contributed by atoms with Crippen LogP contribution in [0, 0.1) is 5.92 Å². The lowest BCUT2D eigenvalue weighted by atomic mass is 9.85.